The maximum atomic E-state index is 12.4. The van der Waals surface area contributed by atoms with E-state index in [2.05, 4.69) is 45.7 Å². The first-order valence-corrected chi connectivity index (χ1v) is 12.9. The zero-order valence-corrected chi connectivity index (χ0v) is 21.5. The Kier molecular flexibility index (Phi) is 7.66. The van der Waals surface area contributed by atoms with E-state index in [1.54, 1.807) is 14.2 Å². The molecular weight excluding hydrogens is 490 g/mol. The number of methoxy groups -OCH3 is 2. The Balaban J connectivity index is 1.32. The molecule has 2 heterocycles. The standard InChI is InChI=1S/C23H23N5O3S3/c1-13-6-5-7-16(14(13)2)24-22-27-28-23(34-22)33-12-20(29)26-21-25-17(11-32-21)15-8-9-18(30-3)19(10-15)31-4/h5-11H,12H2,1-4H3,(H,24,27)(H,25,26,29). The molecular formula is C23H23N5O3S3. The van der Waals surface area contributed by atoms with Gasteiger partial charge in [-0.05, 0) is 49.2 Å². The predicted molar refractivity (Wildman–Crippen MR) is 139 cm³/mol. The topological polar surface area (TPSA) is 98.3 Å². The van der Waals surface area contributed by atoms with Crippen LogP contribution in [0.25, 0.3) is 11.3 Å². The van der Waals surface area contributed by atoms with Crippen molar-refractivity contribution in [1.82, 2.24) is 15.2 Å². The molecule has 2 aromatic carbocycles. The lowest BCUT2D eigenvalue weighted by molar-refractivity contribution is -0.113. The summed E-state index contributed by atoms with van der Waals surface area (Å²) in [5, 5.41) is 17.6. The van der Waals surface area contributed by atoms with Crippen molar-refractivity contribution in [1.29, 1.82) is 0 Å². The van der Waals surface area contributed by atoms with Crippen LogP contribution >= 0.6 is 34.4 Å². The number of nitrogens with one attached hydrogen (secondary N) is 2. The van der Waals surface area contributed by atoms with Crippen molar-refractivity contribution in [3.63, 3.8) is 0 Å². The van der Waals surface area contributed by atoms with Gasteiger partial charge in [0, 0.05) is 16.6 Å². The van der Waals surface area contributed by atoms with E-state index in [0.29, 0.717) is 26.1 Å². The van der Waals surface area contributed by atoms with Gasteiger partial charge in [0.2, 0.25) is 11.0 Å². The number of aromatic nitrogens is 3. The number of aryl methyl sites for hydroxylation is 1. The fourth-order valence-electron chi connectivity index (χ4n) is 3.06. The molecule has 0 saturated heterocycles. The summed E-state index contributed by atoms with van der Waals surface area (Å²) in [5.74, 6) is 1.33. The molecule has 0 aliphatic rings. The van der Waals surface area contributed by atoms with Crippen LogP contribution in [0.3, 0.4) is 0 Å². The van der Waals surface area contributed by atoms with Crippen molar-refractivity contribution < 1.29 is 14.3 Å². The van der Waals surface area contributed by atoms with Crippen molar-refractivity contribution in [3.05, 3.63) is 52.9 Å². The molecule has 176 valence electrons. The number of nitrogens with zero attached hydrogens (tertiary/aromatic N) is 3. The third-order valence-corrected chi connectivity index (χ3v) is 7.74. The van der Waals surface area contributed by atoms with Crippen LogP contribution in [0.4, 0.5) is 16.0 Å². The van der Waals surface area contributed by atoms with Gasteiger partial charge >= 0.3 is 0 Å². The highest BCUT2D eigenvalue weighted by molar-refractivity contribution is 8.01. The third-order valence-electron chi connectivity index (χ3n) is 5.01. The van der Waals surface area contributed by atoms with E-state index in [9.17, 15) is 4.79 Å². The molecule has 2 aromatic heterocycles. The first kappa shape index (κ1) is 24.0. The van der Waals surface area contributed by atoms with Crippen LogP contribution < -0.4 is 20.1 Å². The number of benzene rings is 2. The van der Waals surface area contributed by atoms with Crippen LogP contribution in [0.15, 0.2) is 46.1 Å². The molecule has 2 N–H and O–H groups in total. The van der Waals surface area contributed by atoms with Gasteiger partial charge in [-0.2, -0.15) is 0 Å². The lowest BCUT2D eigenvalue weighted by atomic mass is 10.1. The van der Waals surface area contributed by atoms with Crippen LogP contribution in [-0.2, 0) is 4.79 Å². The highest BCUT2D eigenvalue weighted by atomic mass is 32.2. The predicted octanol–water partition coefficient (Wildman–Crippen LogP) is 5.77. The molecule has 0 spiro atoms. The Hall–Kier alpha value is -3.15. The van der Waals surface area contributed by atoms with E-state index in [4.69, 9.17) is 9.47 Å². The van der Waals surface area contributed by atoms with Gasteiger partial charge in [-0.25, -0.2) is 4.98 Å². The largest absolute Gasteiger partial charge is 0.493 e. The Morgan fingerprint density at radius 2 is 1.88 bits per heavy atom. The summed E-state index contributed by atoms with van der Waals surface area (Å²) in [5.41, 5.74) is 5.00. The SMILES string of the molecule is COc1ccc(-c2csc(NC(=O)CSc3nnc(Nc4cccc(C)c4C)s3)n2)cc1OC. The minimum Gasteiger partial charge on any atom is -0.493 e. The maximum Gasteiger partial charge on any atom is 0.236 e. The van der Waals surface area contributed by atoms with Crippen LogP contribution in [0, 0.1) is 13.8 Å². The Morgan fingerprint density at radius 1 is 1.06 bits per heavy atom. The zero-order valence-electron chi connectivity index (χ0n) is 19.0. The number of hydrogen-bond acceptors (Lipinski definition) is 10. The van der Waals surface area contributed by atoms with Gasteiger partial charge in [0.15, 0.2) is 21.0 Å². The molecule has 0 fully saturated rings. The lowest BCUT2D eigenvalue weighted by Crippen LogP contribution is -2.13. The summed E-state index contributed by atoms with van der Waals surface area (Å²) in [6.07, 6.45) is 0. The summed E-state index contributed by atoms with van der Waals surface area (Å²) >= 11 is 4.12. The molecule has 11 heteroatoms. The van der Waals surface area contributed by atoms with Gasteiger partial charge in [0.25, 0.3) is 0 Å². The zero-order chi connectivity index (χ0) is 24.1. The number of thiazole rings is 1. The average Bonchev–Trinajstić information content (AvgIpc) is 3.50. The van der Waals surface area contributed by atoms with Crippen LogP contribution in [0.2, 0.25) is 0 Å². The highest BCUT2D eigenvalue weighted by Gasteiger charge is 2.13. The second-order valence-electron chi connectivity index (χ2n) is 7.19. The van der Waals surface area contributed by atoms with Gasteiger partial charge in [-0.15, -0.1) is 21.5 Å². The molecule has 0 aliphatic heterocycles. The Labute approximate surface area is 209 Å². The van der Waals surface area contributed by atoms with Crippen molar-refractivity contribution in [3.8, 4) is 22.8 Å². The number of thioether (sulfide) groups is 1. The molecule has 0 atom stereocenters. The molecule has 4 rings (SSSR count). The number of carbonyl (C=O) groups excluding carboxylic acids is 1. The smallest absolute Gasteiger partial charge is 0.236 e. The Bertz CT molecular complexity index is 1300. The number of carbonyl (C=O) groups is 1. The second kappa shape index (κ2) is 10.9. The summed E-state index contributed by atoms with van der Waals surface area (Å²) in [4.78, 5) is 17.0. The molecule has 0 unspecified atom stereocenters. The first-order valence-electron chi connectivity index (χ1n) is 10.2. The molecule has 34 heavy (non-hydrogen) atoms. The third kappa shape index (κ3) is 5.66. The summed E-state index contributed by atoms with van der Waals surface area (Å²) in [6.45, 7) is 4.13. The molecule has 1 amide bonds. The van der Waals surface area contributed by atoms with E-state index in [1.165, 1.54) is 45.6 Å². The Morgan fingerprint density at radius 3 is 2.68 bits per heavy atom. The van der Waals surface area contributed by atoms with Gasteiger partial charge in [0.1, 0.15) is 0 Å². The normalized spacial score (nSPS) is 10.7. The van der Waals surface area contributed by atoms with Crippen LogP contribution in [-0.4, -0.2) is 41.1 Å². The van der Waals surface area contributed by atoms with E-state index < -0.39 is 0 Å². The molecule has 0 bridgehead atoms. The summed E-state index contributed by atoms with van der Waals surface area (Å²) < 4.78 is 11.3. The second-order valence-corrected chi connectivity index (χ2v) is 10.2. The summed E-state index contributed by atoms with van der Waals surface area (Å²) in [7, 11) is 3.18. The fraction of sp³-hybridized carbons (Fsp3) is 0.217. The van der Waals surface area contributed by atoms with Crippen LogP contribution in [0.5, 0.6) is 11.5 Å². The first-order chi connectivity index (χ1) is 16.5. The van der Waals surface area contributed by atoms with Crippen molar-refractivity contribution in [2.75, 3.05) is 30.6 Å². The number of ether oxygens (including phenoxy) is 2. The van der Waals surface area contributed by atoms with Gasteiger partial charge in [0.05, 0.1) is 25.7 Å². The fourth-order valence-corrected chi connectivity index (χ4v) is 5.36. The minimum atomic E-state index is -0.155. The molecule has 0 saturated carbocycles. The van der Waals surface area contributed by atoms with E-state index >= 15 is 0 Å². The maximum absolute atomic E-state index is 12.4. The average molecular weight is 514 g/mol. The molecule has 0 aliphatic carbocycles. The van der Waals surface area contributed by atoms with E-state index in [0.717, 1.165) is 16.9 Å². The van der Waals surface area contributed by atoms with Crippen LogP contribution in [0.1, 0.15) is 11.1 Å². The van der Waals surface area contributed by atoms with Crippen molar-refractivity contribution in [2.45, 2.75) is 18.2 Å². The van der Waals surface area contributed by atoms with E-state index in [-0.39, 0.29) is 11.7 Å². The monoisotopic (exact) mass is 513 g/mol. The molecule has 4 aromatic rings. The summed E-state index contributed by atoms with van der Waals surface area (Å²) in [6, 6.07) is 11.7. The number of amides is 1. The minimum absolute atomic E-state index is 0.155. The number of anilines is 3. The van der Waals surface area contributed by atoms with E-state index in [1.807, 2.05) is 35.7 Å². The quantitative estimate of drug-likeness (QED) is 0.272. The molecule has 8 nitrogen and oxygen atoms in total. The number of rotatable bonds is 9. The highest BCUT2D eigenvalue weighted by Crippen LogP contribution is 2.34. The van der Waals surface area contributed by atoms with Gasteiger partial charge < -0.3 is 20.1 Å². The van der Waals surface area contributed by atoms with Crippen molar-refractivity contribution in [2.24, 2.45) is 0 Å². The van der Waals surface area contributed by atoms with Crippen molar-refractivity contribution >= 4 is 56.3 Å². The number of hydrogen-bond donors (Lipinski definition) is 2. The van der Waals surface area contributed by atoms with Gasteiger partial charge in [-0.1, -0.05) is 35.2 Å². The lowest BCUT2D eigenvalue weighted by Gasteiger charge is -2.08. The van der Waals surface area contributed by atoms with Gasteiger partial charge in [-0.3, -0.25) is 4.79 Å². The molecule has 0 radical (unpaired) electrons.